The summed E-state index contributed by atoms with van der Waals surface area (Å²) in [6.45, 7) is 3.67. The Morgan fingerprint density at radius 2 is 1.55 bits per heavy atom. The molecule has 2 aromatic rings. The van der Waals surface area contributed by atoms with Gasteiger partial charge in [0.1, 0.15) is 4.90 Å². The van der Waals surface area contributed by atoms with Crippen LogP contribution in [0, 0.1) is 13.8 Å². The summed E-state index contributed by atoms with van der Waals surface area (Å²) in [6, 6.07) is 11.1. The van der Waals surface area contributed by atoms with Gasteiger partial charge in [0.15, 0.2) is 12.0 Å². The first kappa shape index (κ1) is 14.3. The molecule has 0 amide bonds. The molecule has 0 bridgehead atoms. The van der Waals surface area contributed by atoms with Gasteiger partial charge in [-0.2, -0.15) is 8.42 Å². The zero-order valence-electron chi connectivity index (χ0n) is 11.2. The van der Waals surface area contributed by atoms with Crippen LogP contribution in [0.15, 0.2) is 47.4 Å². The van der Waals surface area contributed by atoms with Crippen LogP contribution < -0.4 is 4.18 Å². The van der Waals surface area contributed by atoms with Crippen molar-refractivity contribution in [2.45, 2.75) is 18.7 Å². The third kappa shape index (κ3) is 3.05. The van der Waals surface area contributed by atoms with Crippen LogP contribution in [0.3, 0.4) is 0 Å². The lowest BCUT2D eigenvalue weighted by molar-refractivity contribution is 0.112. The number of rotatable bonds is 4. The van der Waals surface area contributed by atoms with E-state index in [4.69, 9.17) is 4.18 Å². The quantitative estimate of drug-likeness (QED) is 0.641. The Kier molecular flexibility index (Phi) is 3.90. The van der Waals surface area contributed by atoms with Gasteiger partial charge in [0, 0.05) is 0 Å². The Morgan fingerprint density at radius 3 is 2.15 bits per heavy atom. The molecule has 0 aliphatic carbocycles. The van der Waals surface area contributed by atoms with E-state index in [-0.39, 0.29) is 16.2 Å². The fraction of sp³-hybridized carbons (Fsp3) is 0.133. The molecule has 0 N–H and O–H groups in total. The Bertz CT molecular complexity index is 731. The SMILES string of the molecule is Cc1ccc(S(=O)(=O)Oc2ccc(C)cc2C=O)cc1. The van der Waals surface area contributed by atoms with Crippen molar-refractivity contribution in [1.29, 1.82) is 0 Å². The Morgan fingerprint density at radius 1 is 0.950 bits per heavy atom. The Balaban J connectivity index is 2.38. The van der Waals surface area contributed by atoms with Crippen molar-refractivity contribution in [2.75, 3.05) is 0 Å². The Hall–Kier alpha value is -2.14. The van der Waals surface area contributed by atoms with Gasteiger partial charge in [-0.05, 0) is 38.1 Å². The van der Waals surface area contributed by atoms with Crippen LogP contribution in [0.2, 0.25) is 0 Å². The highest BCUT2D eigenvalue weighted by Gasteiger charge is 2.18. The van der Waals surface area contributed by atoms with Crippen molar-refractivity contribution >= 4 is 16.4 Å². The van der Waals surface area contributed by atoms with E-state index in [1.807, 2.05) is 13.8 Å². The van der Waals surface area contributed by atoms with E-state index in [0.717, 1.165) is 11.1 Å². The molecule has 20 heavy (non-hydrogen) atoms. The number of carbonyl (C=O) groups is 1. The molecular weight excluding hydrogens is 276 g/mol. The highest BCUT2D eigenvalue weighted by Crippen LogP contribution is 2.23. The van der Waals surface area contributed by atoms with E-state index in [0.29, 0.717) is 6.29 Å². The second-order valence-corrected chi connectivity index (χ2v) is 6.06. The van der Waals surface area contributed by atoms with E-state index in [1.54, 1.807) is 24.3 Å². The molecule has 0 aliphatic rings. The lowest BCUT2D eigenvalue weighted by atomic mass is 10.1. The molecule has 2 rings (SSSR count). The summed E-state index contributed by atoms with van der Waals surface area (Å²) in [7, 11) is -3.93. The van der Waals surface area contributed by atoms with Crippen molar-refractivity contribution in [3.8, 4) is 5.75 Å². The maximum atomic E-state index is 12.1. The molecule has 0 unspecified atom stereocenters. The maximum absolute atomic E-state index is 12.1. The molecule has 5 heteroatoms. The molecule has 0 heterocycles. The minimum Gasteiger partial charge on any atom is -0.378 e. The zero-order chi connectivity index (χ0) is 14.8. The molecule has 0 spiro atoms. The summed E-state index contributed by atoms with van der Waals surface area (Å²) in [6.07, 6.45) is 0.576. The molecule has 0 fully saturated rings. The summed E-state index contributed by atoms with van der Waals surface area (Å²) < 4.78 is 29.3. The van der Waals surface area contributed by atoms with Gasteiger partial charge in [0.05, 0.1) is 5.56 Å². The summed E-state index contributed by atoms with van der Waals surface area (Å²) in [5.74, 6) is 0.0335. The van der Waals surface area contributed by atoms with Gasteiger partial charge in [0.2, 0.25) is 0 Å². The number of hydrogen-bond acceptors (Lipinski definition) is 4. The zero-order valence-corrected chi connectivity index (χ0v) is 12.0. The lowest BCUT2D eigenvalue weighted by Gasteiger charge is -2.09. The summed E-state index contributed by atoms with van der Waals surface area (Å²) in [5.41, 5.74) is 2.01. The monoisotopic (exact) mass is 290 g/mol. The van der Waals surface area contributed by atoms with Gasteiger partial charge in [-0.1, -0.05) is 29.3 Å². The second-order valence-electron chi connectivity index (χ2n) is 4.51. The van der Waals surface area contributed by atoms with E-state index >= 15 is 0 Å². The largest absolute Gasteiger partial charge is 0.378 e. The summed E-state index contributed by atoms with van der Waals surface area (Å²) >= 11 is 0. The van der Waals surface area contributed by atoms with E-state index < -0.39 is 10.1 Å². The number of aryl methyl sites for hydroxylation is 2. The van der Waals surface area contributed by atoms with Crippen LogP contribution in [0.5, 0.6) is 5.75 Å². The maximum Gasteiger partial charge on any atom is 0.339 e. The molecular formula is C15H14O4S. The molecule has 104 valence electrons. The molecule has 2 aromatic carbocycles. The molecule has 0 saturated carbocycles. The van der Waals surface area contributed by atoms with E-state index in [2.05, 4.69) is 0 Å². The van der Waals surface area contributed by atoms with Gasteiger partial charge in [0.25, 0.3) is 0 Å². The number of aldehydes is 1. The standard InChI is InChI=1S/C15H14O4S/c1-11-3-6-14(7-4-11)20(17,18)19-15-8-5-12(2)9-13(15)10-16/h3-10H,1-2H3. The fourth-order valence-electron chi connectivity index (χ4n) is 1.71. The molecule has 4 nitrogen and oxygen atoms in total. The van der Waals surface area contributed by atoms with Crippen molar-refractivity contribution < 1.29 is 17.4 Å². The van der Waals surface area contributed by atoms with Gasteiger partial charge in [-0.3, -0.25) is 4.79 Å². The van der Waals surface area contributed by atoms with Crippen molar-refractivity contribution in [1.82, 2.24) is 0 Å². The van der Waals surface area contributed by atoms with Crippen molar-refractivity contribution in [3.63, 3.8) is 0 Å². The number of carbonyl (C=O) groups excluding carboxylic acids is 1. The Labute approximate surface area is 118 Å². The fourth-order valence-corrected chi connectivity index (χ4v) is 2.66. The van der Waals surface area contributed by atoms with Crippen LogP contribution in [-0.4, -0.2) is 14.7 Å². The van der Waals surface area contributed by atoms with Gasteiger partial charge in [-0.25, -0.2) is 0 Å². The van der Waals surface area contributed by atoms with E-state index in [1.165, 1.54) is 18.2 Å². The van der Waals surface area contributed by atoms with Crippen LogP contribution in [0.1, 0.15) is 21.5 Å². The van der Waals surface area contributed by atoms with E-state index in [9.17, 15) is 13.2 Å². The minimum atomic E-state index is -3.93. The molecule has 0 saturated heterocycles. The molecule has 0 atom stereocenters. The average molecular weight is 290 g/mol. The highest BCUT2D eigenvalue weighted by atomic mass is 32.2. The summed E-state index contributed by atoms with van der Waals surface area (Å²) in [5, 5.41) is 0. The van der Waals surface area contributed by atoms with Crippen LogP contribution >= 0.6 is 0 Å². The van der Waals surface area contributed by atoms with Crippen LogP contribution in [0.4, 0.5) is 0 Å². The van der Waals surface area contributed by atoms with Gasteiger partial charge < -0.3 is 4.18 Å². The van der Waals surface area contributed by atoms with Crippen LogP contribution in [-0.2, 0) is 10.1 Å². The predicted molar refractivity (Wildman–Crippen MR) is 75.6 cm³/mol. The third-order valence-electron chi connectivity index (χ3n) is 2.80. The average Bonchev–Trinajstić information content (AvgIpc) is 2.41. The minimum absolute atomic E-state index is 0.0335. The van der Waals surface area contributed by atoms with Crippen LogP contribution in [0.25, 0.3) is 0 Å². The first-order valence-corrected chi connectivity index (χ1v) is 7.40. The molecule has 0 aliphatic heterocycles. The van der Waals surface area contributed by atoms with Gasteiger partial charge in [-0.15, -0.1) is 0 Å². The first-order valence-electron chi connectivity index (χ1n) is 5.99. The number of benzene rings is 2. The van der Waals surface area contributed by atoms with Gasteiger partial charge >= 0.3 is 10.1 Å². The van der Waals surface area contributed by atoms with Crippen molar-refractivity contribution in [2.24, 2.45) is 0 Å². The second kappa shape index (κ2) is 5.46. The predicted octanol–water partition coefficient (Wildman–Crippen LogP) is 2.88. The smallest absolute Gasteiger partial charge is 0.339 e. The summed E-state index contributed by atoms with van der Waals surface area (Å²) in [4.78, 5) is 11.0. The number of hydrogen-bond donors (Lipinski definition) is 0. The normalized spacial score (nSPS) is 11.1. The topological polar surface area (TPSA) is 60.4 Å². The molecule has 0 radical (unpaired) electrons. The lowest BCUT2D eigenvalue weighted by Crippen LogP contribution is -2.11. The molecule has 0 aromatic heterocycles. The highest BCUT2D eigenvalue weighted by molar-refractivity contribution is 7.87. The van der Waals surface area contributed by atoms with Crippen molar-refractivity contribution in [3.05, 3.63) is 59.2 Å². The third-order valence-corrected chi connectivity index (χ3v) is 4.05. The first-order chi connectivity index (χ1) is 9.42.